The van der Waals surface area contributed by atoms with E-state index < -0.39 is 86.8 Å². The highest BCUT2D eigenvalue weighted by Gasteiger charge is 2.50. The van der Waals surface area contributed by atoms with Crippen molar-refractivity contribution in [1.82, 2.24) is 5.32 Å². The first-order chi connectivity index (χ1) is 27.1. The van der Waals surface area contributed by atoms with E-state index in [0.29, 0.717) is 12.8 Å². The minimum atomic E-state index is -1.79. The fourth-order valence-corrected chi connectivity index (χ4v) is 6.46. The Balaban J connectivity index is 1.90. The van der Waals surface area contributed by atoms with Gasteiger partial charge in [0.05, 0.1) is 32.0 Å². The normalized spacial score (nSPS) is 29.9. The van der Waals surface area contributed by atoms with Crippen LogP contribution < -0.4 is 5.32 Å². The molecule has 0 radical (unpaired) electrons. The summed E-state index contributed by atoms with van der Waals surface area (Å²) >= 11 is 0. The third-order valence-corrected chi connectivity index (χ3v) is 9.97. The number of aliphatic hydroxyl groups is 8. The number of unbranched alkanes of at least 4 members (excludes halogenated alkanes) is 10. The first kappa shape index (κ1) is 50.1. The molecule has 0 aliphatic carbocycles. The topological polar surface area (TPSA) is 228 Å². The van der Waals surface area contributed by atoms with Crippen LogP contribution in [0.15, 0.2) is 48.6 Å². The maximum absolute atomic E-state index is 13.0. The standard InChI is InChI=1S/C42H73NO13/c1-3-5-7-9-11-12-13-14-15-16-17-18-20-22-24-26-34(47)43-30(31(46)25-23-21-19-10-8-6-4-2)29-53-41-39(52)37(50)40(33(28-45)55-41)56-42-38(51)36(49)35(48)32(27-44)54-42/h8,10-12,14-15,23,25,30-33,35-42,44-46,48-52H,3-7,9,13,16-22,24,26-29H2,1-2H3,(H,43,47)/b10-8+,12-11-,15-14-,25-23+. The Morgan fingerprint density at radius 2 is 1.23 bits per heavy atom. The first-order valence-electron chi connectivity index (χ1n) is 20.9. The highest BCUT2D eigenvalue weighted by atomic mass is 16.7. The maximum atomic E-state index is 13.0. The van der Waals surface area contributed by atoms with E-state index in [1.807, 2.05) is 6.08 Å². The van der Waals surface area contributed by atoms with Gasteiger partial charge in [0.2, 0.25) is 5.91 Å². The third kappa shape index (κ3) is 18.7. The van der Waals surface area contributed by atoms with Crippen molar-refractivity contribution >= 4 is 5.91 Å². The summed E-state index contributed by atoms with van der Waals surface area (Å²) < 4.78 is 22.5. The highest BCUT2D eigenvalue weighted by Crippen LogP contribution is 2.29. The zero-order valence-electron chi connectivity index (χ0n) is 33.6. The molecule has 0 aromatic heterocycles. The van der Waals surface area contributed by atoms with Crippen molar-refractivity contribution in [3.05, 3.63) is 48.6 Å². The second-order valence-electron chi connectivity index (χ2n) is 14.7. The van der Waals surface area contributed by atoms with E-state index in [1.165, 1.54) is 19.3 Å². The Kier molecular flexibility index (Phi) is 26.9. The van der Waals surface area contributed by atoms with Crippen LogP contribution in [-0.2, 0) is 23.7 Å². The molecule has 2 rings (SSSR count). The van der Waals surface area contributed by atoms with Gasteiger partial charge in [-0.25, -0.2) is 0 Å². The second kappa shape index (κ2) is 30.1. The molecule has 1 amide bonds. The number of ether oxygens (including phenoxy) is 4. The molecule has 9 N–H and O–H groups in total. The summed E-state index contributed by atoms with van der Waals surface area (Å²) in [5.41, 5.74) is 0. The van der Waals surface area contributed by atoms with Crippen molar-refractivity contribution in [3.63, 3.8) is 0 Å². The summed E-state index contributed by atoms with van der Waals surface area (Å²) in [4.78, 5) is 13.0. The zero-order chi connectivity index (χ0) is 41.1. The van der Waals surface area contributed by atoms with Crippen LogP contribution in [0, 0.1) is 0 Å². The van der Waals surface area contributed by atoms with Gasteiger partial charge in [0.1, 0.15) is 48.8 Å². The van der Waals surface area contributed by atoms with Crippen LogP contribution in [0.4, 0.5) is 0 Å². The number of rotatable bonds is 29. The van der Waals surface area contributed by atoms with E-state index in [9.17, 15) is 45.6 Å². The predicted molar refractivity (Wildman–Crippen MR) is 212 cm³/mol. The lowest BCUT2D eigenvalue weighted by Crippen LogP contribution is -2.65. The number of carbonyl (C=O) groups excluding carboxylic acids is 1. The van der Waals surface area contributed by atoms with E-state index in [-0.39, 0.29) is 18.9 Å². The Morgan fingerprint density at radius 1 is 0.643 bits per heavy atom. The average molecular weight is 800 g/mol. The number of allylic oxidation sites excluding steroid dienone is 7. The third-order valence-electron chi connectivity index (χ3n) is 9.97. The number of hydrogen-bond donors (Lipinski definition) is 9. The smallest absolute Gasteiger partial charge is 0.220 e. The molecular weight excluding hydrogens is 726 g/mol. The monoisotopic (exact) mass is 800 g/mol. The molecule has 56 heavy (non-hydrogen) atoms. The molecule has 14 nitrogen and oxygen atoms in total. The van der Waals surface area contributed by atoms with Gasteiger partial charge in [0.15, 0.2) is 12.6 Å². The fourth-order valence-electron chi connectivity index (χ4n) is 6.46. The van der Waals surface area contributed by atoms with E-state index in [1.54, 1.807) is 6.08 Å². The van der Waals surface area contributed by atoms with Crippen molar-refractivity contribution in [2.45, 2.75) is 190 Å². The lowest BCUT2D eigenvalue weighted by molar-refractivity contribution is -0.359. The largest absolute Gasteiger partial charge is 0.394 e. The van der Waals surface area contributed by atoms with E-state index >= 15 is 0 Å². The van der Waals surface area contributed by atoms with Crippen molar-refractivity contribution in [2.75, 3.05) is 19.8 Å². The molecule has 2 heterocycles. The number of nitrogens with one attached hydrogen (secondary N) is 1. The Hall–Kier alpha value is -2.05. The Bertz CT molecular complexity index is 1130. The molecule has 2 fully saturated rings. The lowest BCUT2D eigenvalue weighted by atomic mass is 9.97. The Morgan fingerprint density at radius 3 is 1.91 bits per heavy atom. The van der Waals surface area contributed by atoms with Crippen LogP contribution in [0.3, 0.4) is 0 Å². The van der Waals surface area contributed by atoms with Crippen molar-refractivity contribution in [2.24, 2.45) is 0 Å². The first-order valence-corrected chi connectivity index (χ1v) is 20.9. The number of carbonyl (C=O) groups is 1. The van der Waals surface area contributed by atoms with Crippen LogP contribution in [0.5, 0.6) is 0 Å². The summed E-state index contributed by atoms with van der Waals surface area (Å²) in [6.07, 6.45) is 14.9. The highest BCUT2D eigenvalue weighted by molar-refractivity contribution is 5.76. The number of aliphatic hydroxyl groups excluding tert-OH is 8. The van der Waals surface area contributed by atoms with Crippen LogP contribution >= 0.6 is 0 Å². The van der Waals surface area contributed by atoms with Gasteiger partial charge in [0, 0.05) is 6.42 Å². The molecule has 12 unspecified atom stereocenters. The summed E-state index contributed by atoms with van der Waals surface area (Å²) in [6.45, 7) is 2.56. The van der Waals surface area contributed by atoms with Gasteiger partial charge in [-0.1, -0.05) is 101 Å². The minimum absolute atomic E-state index is 0.254. The van der Waals surface area contributed by atoms with Crippen LogP contribution in [0.1, 0.15) is 117 Å². The Labute approximate surface area is 333 Å². The summed E-state index contributed by atoms with van der Waals surface area (Å²) in [5, 5.41) is 86.0. The van der Waals surface area contributed by atoms with Gasteiger partial charge in [-0.2, -0.15) is 0 Å². The van der Waals surface area contributed by atoms with Crippen molar-refractivity contribution < 1.29 is 64.6 Å². The van der Waals surface area contributed by atoms with Crippen molar-refractivity contribution in [3.8, 4) is 0 Å². The molecule has 14 heteroatoms. The van der Waals surface area contributed by atoms with Crippen LogP contribution in [-0.4, -0.2) is 140 Å². The van der Waals surface area contributed by atoms with Crippen LogP contribution in [0.25, 0.3) is 0 Å². The number of amides is 1. The quantitative estimate of drug-likeness (QED) is 0.0392. The van der Waals surface area contributed by atoms with E-state index in [4.69, 9.17) is 18.9 Å². The summed E-state index contributed by atoms with van der Waals surface area (Å²) in [6, 6.07) is -0.934. The summed E-state index contributed by atoms with van der Waals surface area (Å²) in [5.74, 6) is -0.273. The van der Waals surface area contributed by atoms with E-state index in [0.717, 1.165) is 64.2 Å². The molecule has 2 saturated heterocycles. The van der Waals surface area contributed by atoms with Gasteiger partial charge in [-0.15, -0.1) is 0 Å². The molecular formula is C42H73NO13. The molecule has 0 spiro atoms. The van der Waals surface area contributed by atoms with Gasteiger partial charge >= 0.3 is 0 Å². The van der Waals surface area contributed by atoms with Gasteiger partial charge in [-0.05, 0) is 57.8 Å². The molecule has 2 aliphatic heterocycles. The molecule has 0 bridgehead atoms. The van der Waals surface area contributed by atoms with Crippen molar-refractivity contribution in [1.29, 1.82) is 0 Å². The predicted octanol–water partition coefficient (Wildman–Crippen LogP) is 2.98. The summed E-state index contributed by atoms with van der Waals surface area (Å²) in [7, 11) is 0. The average Bonchev–Trinajstić information content (AvgIpc) is 3.19. The van der Waals surface area contributed by atoms with Crippen LogP contribution in [0.2, 0.25) is 0 Å². The molecule has 12 atom stereocenters. The number of hydrogen-bond acceptors (Lipinski definition) is 13. The fraction of sp³-hybridized carbons (Fsp3) is 0.786. The zero-order valence-corrected chi connectivity index (χ0v) is 33.6. The molecule has 0 saturated carbocycles. The second-order valence-corrected chi connectivity index (χ2v) is 14.7. The lowest BCUT2D eigenvalue weighted by Gasteiger charge is -2.46. The molecule has 2 aliphatic rings. The molecule has 0 aromatic carbocycles. The molecule has 0 aromatic rings. The van der Waals surface area contributed by atoms with Gasteiger partial charge in [0.25, 0.3) is 0 Å². The molecule has 324 valence electrons. The van der Waals surface area contributed by atoms with E-state index in [2.05, 4.69) is 55.6 Å². The van der Waals surface area contributed by atoms with Gasteiger partial charge < -0.3 is 65.1 Å². The maximum Gasteiger partial charge on any atom is 0.220 e. The van der Waals surface area contributed by atoms with Gasteiger partial charge in [-0.3, -0.25) is 4.79 Å². The SMILES string of the molecule is CCC/C=C/CC/C=C/C(O)C(COC1OC(CO)C(OC2OC(CO)C(O)C(O)C2O)C(O)C1O)NC(=O)CCCCCCC/C=C\C/C=C\CCCCC. The minimum Gasteiger partial charge on any atom is -0.394 e.